The van der Waals surface area contributed by atoms with E-state index in [9.17, 15) is 4.39 Å². The van der Waals surface area contributed by atoms with Crippen LogP contribution in [-0.4, -0.2) is 63.6 Å². The minimum Gasteiger partial charge on any atom is -0.493 e. The zero-order chi connectivity index (χ0) is 18.0. The van der Waals surface area contributed by atoms with Crippen LogP contribution in [0.4, 0.5) is 16.2 Å². The first-order valence-electron chi connectivity index (χ1n) is 7.94. The van der Waals surface area contributed by atoms with Crippen LogP contribution in [-0.2, 0) is 4.74 Å². The Labute approximate surface area is 145 Å². The number of benzene rings is 1. The number of nitrogen functional groups attached to an aromatic ring is 1. The van der Waals surface area contributed by atoms with Crippen LogP contribution in [0.25, 0.3) is 10.9 Å². The molecule has 0 spiro atoms. The van der Waals surface area contributed by atoms with Gasteiger partial charge in [-0.05, 0) is 6.07 Å². The van der Waals surface area contributed by atoms with Crippen LogP contribution in [0.2, 0.25) is 0 Å². The summed E-state index contributed by atoms with van der Waals surface area (Å²) >= 11 is 0. The number of ether oxygens (including phenoxy) is 3. The summed E-state index contributed by atoms with van der Waals surface area (Å²) in [5.74, 6) is 0.183. The van der Waals surface area contributed by atoms with Crippen molar-refractivity contribution >= 4 is 22.7 Å². The fourth-order valence-corrected chi connectivity index (χ4v) is 3.03. The molecule has 1 saturated heterocycles. The van der Waals surface area contributed by atoms with Crippen LogP contribution in [0.1, 0.15) is 0 Å². The number of hydrogen-bond acceptors (Lipinski definition) is 8. The highest BCUT2D eigenvalue weighted by molar-refractivity contribution is 5.92. The quantitative estimate of drug-likeness (QED) is 0.817. The number of nitrogens with zero attached hydrogens (tertiary/aromatic N) is 3. The van der Waals surface area contributed by atoms with E-state index in [0.717, 1.165) is 13.1 Å². The van der Waals surface area contributed by atoms with E-state index in [4.69, 9.17) is 19.9 Å². The molecule has 9 heteroatoms. The Morgan fingerprint density at radius 2 is 2.12 bits per heavy atom. The Kier molecular flexibility index (Phi) is 5.05. The molecule has 0 amide bonds. The molecule has 3 rings (SSSR count). The van der Waals surface area contributed by atoms with Crippen LogP contribution in [0.5, 0.6) is 11.5 Å². The molecule has 0 unspecified atom stereocenters. The van der Waals surface area contributed by atoms with Crippen molar-refractivity contribution in [3.63, 3.8) is 0 Å². The maximum absolute atomic E-state index is 14.9. The maximum atomic E-state index is 14.9. The highest BCUT2D eigenvalue weighted by Gasteiger charge is 2.27. The van der Waals surface area contributed by atoms with Crippen molar-refractivity contribution in [2.75, 3.05) is 58.2 Å². The largest absolute Gasteiger partial charge is 0.493 e. The summed E-state index contributed by atoms with van der Waals surface area (Å²) in [7, 11) is 4.45. The Hall–Kier alpha value is -2.39. The molecule has 25 heavy (non-hydrogen) atoms. The molecule has 1 atom stereocenters. The third-order valence-electron chi connectivity index (χ3n) is 4.26. The van der Waals surface area contributed by atoms with E-state index in [1.54, 1.807) is 13.2 Å². The lowest BCUT2D eigenvalue weighted by Crippen LogP contribution is -2.54. The molecule has 1 fully saturated rings. The summed E-state index contributed by atoms with van der Waals surface area (Å²) in [6.07, 6.45) is 0. The molecular formula is C16H22FN5O3. The van der Waals surface area contributed by atoms with Gasteiger partial charge in [-0.3, -0.25) is 0 Å². The van der Waals surface area contributed by atoms with Crippen LogP contribution in [0.15, 0.2) is 6.07 Å². The molecule has 0 radical (unpaired) electrons. The van der Waals surface area contributed by atoms with Gasteiger partial charge in [0.15, 0.2) is 17.3 Å². The Morgan fingerprint density at radius 3 is 2.80 bits per heavy atom. The van der Waals surface area contributed by atoms with Crippen LogP contribution < -0.4 is 25.4 Å². The van der Waals surface area contributed by atoms with Gasteiger partial charge in [0, 0.05) is 32.1 Å². The van der Waals surface area contributed by atoms with E-state index >= 15 is 0 Å². The predicted molar refractivity (Wildman–Crippen MR) is 92.9 cm³/mol. The highest BCUT2D eigenvalue weighted by atomic mass is 19.1. The molecule has 0 aliphatic carbocycles. The molecule has 2 aromatic rings. The number of fused-ring (bicyclic) bond motifs is 1. The molecule has 0 bridgehead atoms. The summed E-state index contributed by atoms with van der Waals surface area (Å²) in [4.78, 5) is 10.8. The molecule has 3 N–H and O–H groups in total. The Bertz CT molecular complexity index is 771. The van der Waals surface area contributed by atoms with Crippen molar-refractivity contribution in [2.24, 2.45) is 0 Å². The van der Waals surface area contributed by atoms with Gasteiger partial charge in [0.05, 0.1) is 26.9 Å². The number of methoxy groups -OCH3 is 3. The lowest BCUT2D eigenvalue weighted by atomic mass is 10.2. The first kappa shape index (κ1) is 17.4. The summed E-state index contributed by atoms with van der Waals surface area (Å²) in [6, 6.07) is 1.62. The Balaban J connectivity index is 2.13. The van der Waals surface area contributed by atoms with E-state index in [-0.39, 0.29) is 28.9 Å². The van der Waals surface area contributed by atoms with Gasteiger partial charge >= 0.3 is 0 Å². The molecule has 0 saturated carbocycles. The molecule has 1 aliphatic heterocycles. The third-order valence-corrected chi connectivity index (χ3v) is 4.26. The van der Waals surface area contributed by atoms with Gasteiger partial charge in [-0.2, -0.15) is 4.98 Å². The average Bonchev–Trinajstić information content (AvgIpc) is 2.62. The highest BCUT2D eigenvalue weighted by Crippen LogP contribution is 2.37. The summed E-state index contributed by atoms with van der Waals surface area (Å²) in [6.45, 7) is 2.68. The fourth-order valence-electron chi connectivity index (χ4n) is 3.03. The monoisotopic (exact) mass is 351 g/mol. The van der Waals surface area contributed by atoms with Crippen molar-refractivity contribution in [3.05, 3.63) is 11.9 Å². The van der Waals surface area contributed by atoms with E-state index in [2.05, 4.69) is 15.3 Å². The van der Waals surface area contributed by atoms with Gasteiger partial charge in [-0.25, -0.2) is 9.37 Å². The minimum absolute atomic E-state index is 0.00666. The average molecular weight is 351 g/mol. The van der Waals surface area contributed by atoms with E-state index in [1.165, 1.54) is 14.2 Å². The number of hydrogen-bond donors (Lipinski definition) is 2. The number of anilines is 2. The van der Waals surface area contributed by atoms with Crippen molar-refractivity contribution in [1.82, 2.24) is 15.3 Å². The lowest BCUT2D eigenvalue weighted by Gasteiger charge is -2.36. The molecular weight excluding hydrogens is 329 g/mol. The van der Waals surface area contributed by atoms with Gasteiger partial charge in [0.1, 0.15) is 11.3 Å². The standard InChI is InChI=1S/C16H22FN5O3/c1-23-8-9-7-19-4-5-22(9)16-20-13-10(15(18)21-16)6-11(24-2)14(25-3)12(13)17/h6,9,19H,4-5,7-8H2,1-3H3,(H2,18,20,21)/t9-/m1/s1. The summed E-state index contributed by atoms with van der Waals surface area (Å²) < 4.78 is 30.4. The van der Waals surface area contributed by atoms with Crippen LogP contribution >= 0.6 is 0 Å². The Morgan fingerprint density at radius 1 is 1.32 bits per heavy atom. The number of nitrogens with two attached hydrogens (primary N) is 1. The first-order chi connectivity index (χ1) is 12.1. The summed E-state index contributed by atoms with van der Waals surface area (Å²) in [5.41, 5.74) is 6.19. The molecule has 136 valence electrons. The predicted octanol–water partition coefficient (Wildman–Crippen LogP) is 0.793. The number of aromatic nitrogens is 2. The number of nitrogens with one attached hydrogen (secondary N) is 1. The topological polar surface area (TPSA) is 94.8 Å². The molecule has 2 heterocycles. The van der Waals surface area contributed by atoms with E-state index < -0.39 is 5.82 Å². The van der Waals surface area contributed by atoms with Crippen molar-refractivity contribution in [1.29, 1.82) is 0 Å². The lowest BCUT2D eigenvalue weighted by molar-refractivity contribution is 0.170. The molecule has 1 aromatic carbocycles. The number of rotatable bonds is 5. The second kappa shape index (κ2) is 7.24. The minimum atomic E-state index is -0.620. The van der Waals surface area contributed by atoms with Gasteiger partial charge in [-0.1, -0.05) is 0 Å². The van der Waals surface area contributed by atoms with Gasteiger partial charge < -0.3 is 30.2 Å². The normalized spacial score (nSPS) is 17.8. The molecule has 1 aromatic heterocycles. The van der Waals surface area contributed by atoms with Gasteiger partial charge in [-0.15, -0.1) is 0 Å². The molecule has 8 nitrogen and oxygen atoms in total. The molecule has 1 aliphatic rings. The number of halogens is 1. The SMILES string of the molecule is COC[C@H]1CNCCN1c1nc(N)c2cc(OC)c(OC)c(F)c2n1. The first-order valence-corrected chi connectivity index (χ1v) is 7.94. The second-order valence-corrected chi connectivity index (χ2v) is 5.74. The zero-order valence-electron chi connectivity index (χ0n) is 14.5. The van der Waals surface area contributed by atoms with Gasteiger partial charge in [0.2, 0.25) is 5.95 Å². The van der Waals surface area contributed by atoms with Gasteiger partial charge in [0.25, 0.3) is 0 Å². The van der Waals surface area contributed by atoms with Crippen molar-refractivity contribution in [2.45, 2.75) is 6.04 Å². The third kappa shape index (κ3) is 3.12. The van der Waals surface area contributed by atoms with E-state index in [0.29, 0.717) is 24.5 Å². The van der Waals surface area contributed by atoms with E-state index in [1.807, 2.05) is 4.90 Å². The zero-order valence-corrected chi connectivity index (χ0v) is 14.5. The van der Waals surface area contributed by atoms with Crippen LogP contribution in [0.3, 0.4) is 0 Å². The van der Waals surface area contributed by atoms with Crippen molar-refractivity contribution < 1.29 is 18.6 Å². The summed E-state index contributed by atoms with van der Waals surface area (Å²) in [5, 5.41) is 3.68. The van der Waals surface area contributed by atoms with Crippen LogP contribution in [0, 0.1) is 5.82 Å². The second-order valence-electron chi connectivity index (χ2n) is 5.74. The fraction of sp³-hybridized carbons (Fsp3) is 0.500. The maximum Gasteiger partial charge on any atom is 0.228 e. The smallest absolute Gasteiger partial charge is 0.228 e. The number of piperazine rings is 1. The van der Waals surface area contributed by atoms with Crippen molar-refractivity contribution in [3.8, 4) is 11.5 Å².